The van der Waals surface area contributed by atoms with Crippen LogP contribution in [0.4, 0.5) is 0 Å². The van der Waals surface area contributed by atoms with Crippen molar-refractivity contribution in [2.45, 2.75) is 25.4 Å². The molecule has 18 heavy (non-hydrogen) atoms. The van der Waals surface area contributed by atoms with E-state index in [1.165, 1.54) is 12.0 Å². The van der Waals surface area contributed by atoms with Gasteiger partial charge in [-0.1, -0.05) is 6.07 Å². The zero-order chi connectivity index (χ0) is 12.3. The summed E-state index contributed by atoms with van der Waals surface area (Å²) in [6.07, 6.45) is 2.36. The van der Waals surface area contributed by atoms with E-state index in [-0.39, 0.29) is 12.4 Å². The fourth-order valence-corrected chi connectivity index (χ4v) is 2.89. The first kappa shape index (κ1) is 15.8. The predicted octanol–water partition coefficient (Wildman–Crippen LogP) is 2.80. The number of nitrogens with zero attached hydrogens (tertiary/aromatic N) is 1. The van der Waals surface area contributed by atoms with Crippen molar-refractivity contribution < 1.29 is 4.74 Å². The largest absolute Gasteiger partial charge is 0.496 e. The summed E-state index contributed by atoms with van der Waals surface area (Å²) in [5.74, 6) is 0.879. The van der Waals surface area contributed by atoms with Crippen molar-refractivity contribution in [1.82, 2.24) is 4.90 Å². The summed E-state index contributed by atoms with van der Waals surface area (Å²) in [4.78, 5) is 2.42. The average Bonchev–Trinajstić information content (AvgIpc) is 2.29. The number of methoxy groups -OCH3 is 1. The Balaban J connectivity index is 0.00000162. The molecule has 0 unspecified atom stereocenters. The monoisotopic (exact) mass is 334 g/mol. The molecule has 0 amide bonds. The highest BCUT2D eigenvalue weighted by atomic mass is 79.9. The van der Waals surface area contributed by atoms with Crippen molar-refractivity contribution in [1.29, 1.82) is 0 Å². The first-order chi connectivity index (χ1) is 8.19. The molecule has 0 aromatic heterocycles. The minimum absolute atomic E-state index is 0. The number of hydrogen-bond donors (Lipinski definition) is 1. The Morgan fingerprint density at radius 2 is 2.28 bits per heavy atom. The first-order valence-corrected chi connectivity index (χ1v) is 6.78. The molecule has 1 atom stereocenters. The predicted molar refractivity (Wildman–Crippen MR) is 80.4 cm³/mol. The molecule has 0 bridgehead atoms. The highest BCUT2D eigenvalue weighted by Gasteiger charge is 2.16. The fraction of sp³-hybridized carbons (Fsp3) is 0.538. The van der Waals surface area contributed by atoms with Crippen molar-refractivity contribution in [3.8, 4) is 5.75 Å². The van der Waals surface area contributed by atoms with E-state index in [1.807, 2.05) is 6.07 Å². The average molecular weight is 336 g/mol. The lowest BCUT2D eigenvalue weighted by atomic mass is 10.1. The second-order valence-corrected chi connectivity index (χ2v) is 5.46. The molecule has 0 aliphatic carbocycles. The quantitative estimate of drug-likeness (QED) is 0.923. The number of ether oxygens (including phenoxy) is 1. The van der Waals surface area contributed by atoms with Crippen molar-refractivity contribution in [2.75, 3.05) is 20.2 Å². The van der Waals surface area contributed by atoms with Crippen molar-refractivity contribution in [3.05, 3.63) is 28.2 Å². The number of benzene rings is 1. The van der Waals surface area contributed by atoms with Crippen LogP contribution in [0.25, 0.3) is 0 Å². The molecule has 1 aromatic rings. The molecule has 0 spiro atoms. The number of nitrogens with two attached hydrogens (primary N) is 1. The molecule has 1 fully saturated rings. The third-order valence-electron chi connectivity index (χ3n) is 3.16. The van der Waals surface area contributed by atoms with Crippen LogP contribution in [0, 0.1) is 0 Å². The maximum absolute atomic E-state index is 5.98. The van der Waals surface area contributed by atoms with Gasteiger partial charge in [0, 0.05) is 19.1 Å². The lowest BCUT2D eigenvalue weighted by Crippen LogP contribution is -2.42. The van der Waals surface area contributed by atoms with Gasteiger partial charge < -0.3 is 10.5 Å². The van der Waals surface area contributed by atoms with Crippen LogP contribution in [0.2, 0.25) is 0 Å². The van der Waals surface area contributed by atoms with Gasteiger partial charge in [0.05, 0.1) is 11.6 Å². The van der Waals surface area contributed by atoms with Crippen molar-refractivity contribution >= 4 is 28.3 Å². The topological polar surface area (TPSA) is 38.5 Å². The molecule has 102 valence electrons. The summed E-state index contributed by atoms with van der Waals surface area (Å²) in [6.45, 7) is 3.12. The van der Waals surface area contributed by atoms with Gasteiger partial charge in [0.2, 0.25) is 0 Å². The Morgan fingerprint density at radius 3 is 2.89 bits per heavy atom. The lowest BCUT2D eigenvalue weighted by Gasteiger charge is -2.30. The van der Waals surface area contributed by atoms with E-state index < -0.39 is 0 Å². The zero-order valence-electron chi connectivity index (χ0n) is 10.6. The number of hydrogen-bond acceptors (Lipinski definition) is 3. The number of likely N-dealkylation sites (tertiary alicyclic amines) is 1. The van der Waals surface area contributed by atoms with Gasteiger partial charge in [-0.15, -0.1) is 12.4 Å². The highest BCUT2D eigenvalue weighted by Crippen LogP contribution is 2.26. The Morgan fingerprint density at radius 1 is 1.50 bits per heavy atom. The van der Waals surface area contributed by atoms with E-state index in [9.17, 15) is 0 Å². The molecule has 0 saturated carbocycles. The summed E-state index contributed by atoms with van der Waals surface area (Å²) in [6, 6.07) is 6.58. The van der Waals surface area contributed by atoms with Crippen LogP contribution in [-0.4, -0.2) is 31.1 Å². The van der Waals surface area contributed by atoms with Crippen LogP contribution in [0.1, 0.15) is 18.4 Å². The third kappa shape index (κ3) is 4.12. The maximum Gasteiger partial charge on any atom is 0.133 e. The Bertz CT molecular complexity index is 389. The second kappa shape index (κ2) is 7.34. The number of halogens is 2. The molecular weight excluding hydrogens is 316 g/mol. The standard InChI is InChI=1S/C13H19BrN2O.ClH/c1-17-13-5-4-10(7-12(13)14)8-16-6-2-3-11(15)9-16;/h4-5,7,11H,2-3,6,8-9,15H2,1H3;1H/t11-;/m1./s1. The van der Waals surface area contributed by atoms with E-state index in [0.29, 0.717) is 6.04 Å². The van der Waals surface area contributed by atoms with Crippen molar-refractivity contribution in [3.63, 3.8) is 0 Å². The molecule has 2 N–H and O–H groups in total. The molecular formula is C13H20BrClN2O. The summed E-state index contributed by atoms with van der Waals surface area (Å²) in [7, 11) is 1.68. The summed E-state index contributed by atoms with van der Waals surface area (Å²) < 4.78 is 6.24. The minimum Gasteiger partial charge on any atom is -0.496 e. The van der Waals surface area contributed by atoms with Crippen LogP contribution in [0.15, 0.2) is 22.7 Å². The smallest absolute Gasteiger partial charge is 0.133 e. The molecule has 5 heteroatoms. The normalized spacial score (nSPS) is 20.3. The van der Waals surface area contributed by atoms with E-state index in [2.05, 4.69) is 33.0 Å². The SMILES string of the molecule is COc1ccc(CN2CCC[C@@H](N)C2)cc1Br.Cl. The Hall–Kier alpha value is -0.290. The van der Waals surface area contributed by atoms with Crippen molar-refractivity contribution in [2.24, 2.45) is 5.73 Å². The van der Waals surface area contributed by atoms with E-state index in [1.54, 1.807) is 7.11 Å². The molecule has 0 radical (unpaired) electrons. The van der Waals surface area contributed by atoms with Crippen LogP contribution < -0.4 is 10.5 Å². The Labute approximate surface area is 123 Å². The van der Waals surface area contributed by atoms with Gasteiger partial charge in [-0.25, -0.2) is 0 Å². The molecule has 1 saturated heterocycles. The zero-order valence-corrected chi connectivity index (χ0v) is 13.0. The molecule has 3 nitrogen and oxygen atoms in total. The highest BCUT2D eigenvalue weighted by molar-refractivity contribution is 9.10. The van der Waals surface area contributed by atoms with Crippen LogP contribution >= 0.6 is 28.3 Å². The van der Waals surface area contributed by atoms with Gasteiger partial charge in [0.25, 0.3) is 0 Å². The Kier molecular flexibility index (Phi) is 6.43. The van der Waals surface area contributed by atoms with Crippen LogP contribution in [0.3, 0.4) is 0 Å². The molecule has 1 heterocycles. The van der Waals surface area contributed by atoms with Gasteiger partial charge in [-0.05, 0) is 53.0 Å². The van der Waals surface area contributed by atoms with Gasteiger partial charge in [-0.2, -0.15) is 0 Å². The molecule has 1 aromatic carbocycles. The summed E-state index contributed by atoms with van der Waals surface area (Å²) >= 11 is 3.52. The van der Waals surface area contributed by atoms with Crippen LogP contribution in [-0.2, 0) is 6.54 Å². The van der Waals surface area contributed by atoms with Gasteiger partial charge >= 0.3 is 0 Å². The molecule has 1 aliphatic rings. The number of rotatable bonds is 3. The van der Waals surface area contributed by atoms with E-state index in [0.717, 1.165) is 36.3 Å². The maximum atomic E-state index is 5.98. The van der Waals surface area contributed by atoms with Gasteiger partial charge in [-0.3, -0.25) is 4.90 Å². The summed E-state index contributed by atoms with van der Waals surface area (Å²) in [5.41, 5.74) is 7.28. The second-order valence-electron chi connectivity index (χ2n) is 4.61. The van der Waals surface area contributed by atoms with Gasteiger partial charge in [0.1, 0.15) is 5.75 Å². The first-order valence-electron chi connectivity index (χ1n) is 5.99. The van der Waals surface area contributed by atoms with Gasteiger partial charge in [0.15, 0.2) is 0 Å². The lowest BCUT2D eigenvalue weighted by molar-refractivity contribution is 0.201. The third-order valence-corrected chi connectivity index (χ3v) is 3.78. The van der Waals surface area contributed by atoms with E-state index in [4.69, 9.17) is 10.5 Å². The summed E-state index contributed by atoms with van der Waals surface area (Å²) in [5, 5.41) is 0. The van der Waals surface area contributed by atoms with E-state index >= 15 is 0 Å². The molecule has 1 aliphatic heterocycles. The van der Waals surface area contributed by atoms with Crippen LogP contribution in [0.5, 0.6) is 5.75 Å². The fourth-order valence-electron chi connectivity index (χ4n) is 2.30. The number of piperidine rings is 1. The molecule has 2 rings (SSSR count). The minimum atomic E-state index is 0.